The van der Waals surface area contributed by atoms with Crippen molar-refractivity contribution in [3.63, 3.8) is 0 Å². The van der Waals surface area contributed by atoms with E-state index in [0.29, 0.717) is 5.57 Å². The van der Waals surface area contributed by atoms with E-state index < -0.39 is 0 Å². The summed E-state index contributed by atoms with van der Waals surface area (Å²) in [5.41, 5.74) is 5.77. The molecule has 33 heavy (non-hydrogen) atoms. The largest absolute Gasteiger partial charge is 0.310 e. The molecule has 5 aromatic rings. The van der Waals surface area contributed by atoms with Crippen molar-refractivity contribution in [3.05, 3.63) is 139 Å². The number of para-hydroxylation sites is 1. The zero-order chi connectivity index (χ0) is 22.5. The van der Waals surface area contributed by atoms with E-state index in [1.807, 2.05) is 66.7 Å². The lowest BCUT2D eigenvalue weighted by atomic mass is 10.0. The SMILES string of the molecule is N#C/C(=C/c1ccccc1)c1ccc(N(c2ccccc2)c2ccc3ccccc3c2)cc1. The lowest BCUT2D eigenvalue weighted by molar-refractivity contribution is 1.29. The molecule has 0 fully saturated rings. The number of fused-ring (bicyclic) bond motifs is 1. The first-order chi connectivity index (χ1) is 16.3. The summed E-state index contributed by atoms with van der Waals surface area (Å²) in [5, 5.41) is 12.2. The first-order valence-electron chi connectivity index (χ1n) is 10.9. The standard InChI is InChI=1S/C31H22N2/c32-23-28(21-24-9-3-1-4-10-24)26-15-18-30(19-16-26)33(29-13-5-2-6-14-29)31-20-17-25-11-7-8-12-27(25)22-31/h1-22H/b28-21-. The van der Waals surface area contributed by atoms with Gasteiger partial charge in [0.2, 0.25) is 0 Å². The van der Waals surface area contributed by atoms with Gasteiger partial charge in [-0.15, -0.1) is 0 Å². The molecule has 156 valence electrons. The van der Waals surface area contributed by atoms with Crippen molar-refractivity contribution in [3.8, 4) is 6.07 Å². The van der Waals surface area contributed by atoms with E-state index in [-0.39, 0.29) is 0 Å². The number of benzene rings is 5. The van der Waals surface area contributed by atoms with Gasteiger partial charge in [-0.25, -0.2) is 0 Å². The smallest absolute Gasteiger partial charge is 0.0998 e. The Morgan fingerprint density at radius 2 is 1.15 bits per heavy atom. The Labute approximate surface area is 194 Å². The van der Waals surface area contributed by atoms with Crippen LogP contribution in [0.4, 0.5) is 17.1 Å². The summed E-state index contributed by atoms with van der Waals surface area (Å²) in [7, 11) is 0. The Balaban J connectivity index is 1.56. The highest BCUT2D eigenvalue weighted by molar-refractivity contribution is 5.91. The van der Waals surface area contributed by atoms with Crippen LogP contribution in [0.15, 0.2) is 127 Å². The van der Waals surface area contributed by atoms with Crippen molar-refractivity contribution in [1.82, 2.24) is 0 Å². The number of anilines is 3. The van der Waals surface area contributed by atoms with E-state index in [1.54, 1.807) is 0 Å². The van der Waals surface area contributed by atoms with Crippen LogP contribution in [0.5, 0.6) is 0 Å². The summed E-state index contributed by atoms with van der Waals surface area (Å²) in [6.45, 7) is 0. The molecule has 0 saturated heterocycles. The topological polar surface area (TPSA) is 27.0 Å². The predicted octanol–water partition coefficient (Wildman–Crippen LogP) is 8.37. The van der Waals surface area contributed by atoms with Gasteiger partial charge >= 0.3 is 0 Å². The van der Waals surface area contributed by atoms with E-state index in [9.17, 15) is 5.26 Å². The minimum absolute atomic E-state index is 0.643. The van der Waals surface area contributed by atoms with Crippen LogP contribution in [0.2, 0.25) is 0 Å². The van der Waals surface area contributed by atoms with Gasteiger partial charge in [-0.05, 0) is 64.4 Å². The summed E-state index contributed by atoms with van der Waals surface area (Å²) < 4.78 is 0. The summed E-state index contributed by atoms with van der Waals surface area (Å²) >= 11 is 0. The fourth-order valence-electron chi connectivity index (χ4n) is 4.03. The Morgan fingerprint density at radius 1 is 0.576 bits per heavy atom. The Bertz CT molecular complexity index is 1440. The molecule has 5 aromatic carbocycles. The maximum atomic E-state index is 9.75. The van der Waals surface area contributed by atoms with Crippen molar-refractivity contribution >= 4 is 39.5 Å². The van der Waals surface area contributed by atoms with Crippen molar-refractivity contribution < 1.29 is 0 Å². The van der Waals surface area contributed by atoms with Gasteiger partial charge in [0.05, 0.1) is 11.6 Å². The zero-order valence-corrected chi connectivity index (χ0v) is 18.1. The van der Waals surface area contributed by atoms with Gasteiger partial charge in [0.25, 0.3) is 0 Å². The number of hydrogen-bond acceptors (Lipinski definition) is 2. The molecule has 0 saturated carbocycles. The van der Waals surface area contributed by atoms with Crippen LogP contribution in [-0.2, 0) is 0 Å². The number of rotatable bonds is 5. The number of nitriles is 1. The molecule has 0 aromatic heterocycles. The van der Waals surface area contributed by atoms with Gasteiger partial charge in [-0.1, -0.05) is 91.0 Å². The minimum atomic E-state index is 0.643. The normalized spacial score (nSPS) is 11.2. The highest BCUT2D eigenvalue weighted by Crippen LogP contribution is 2.36. The van der Waals surface area contributed by atoms with Crippen molar-refractivity contribution in [1.29, 1.82) is 5.26 Å². The third-order valence-electron chi connectivity index (χ3n) is 5.67. The van der Waals surface area contributed by atoms with Crippen molar-refractivity contribution in [2.75, 3.05) is 4.90 Å². The lowest BCUT2D eigenvalue weighted by Gasteiger charge is -2.26. The second-order valence-corrected chi connectivity index (χ2v) is 7.83. The molecule has 2 nitrogen and oxygen atoms in total. The number of hydrogen-bond donors (Lipinski definition) is 0. The van der Waals surface area contributed by atoms with Crippen LogP contribution in [0, 0.1) is 11.3 Å². The molecular formula is C31H22N2. The number of allylic oxidation sites excluding steroid dienone is 1. The second-order valence-electron chi connectivity index (χ2n) is 7.83. The van der Waals surface area contributed by atoms with Gasteiger partial charge < -0.3 is 4.90 Å². The molecule has 0 aliphatic rings. The van der Waals surface area contributed by atoms with Gasteiger partial charge in [-0.2, -0.15) is 5.26 Å². The fourth-order valence-corrected chi connectivity index (χ4v) is 4.03. The van der Waals surface area contributed by atoms with E-state index in [1.165, 1.54) is 10.8 Å². The Morgan fingerprint density at radius 3 is 1.85 bits per heavy atom. The van der Waals surface area contributed by atoms with E-state index in [0.717, 1.165) is 28.2 Å². The Hall–Kier alpha value is -4.61. The molecule has 0 atom stereocenters. The first-order valence-corrected chi connectivity index (χ1v) is 10.9. The number of nitrogens with zero attached hydrogens (tertiary/aromatic N) is 2. The fraction of sp³-hybridized carbons (Fsp3) is 0. The van der Waals surface area contributed by atoms with Crippen molar-refractivity contribution in [2.45, 2.75) is 0 Å². The molecule has 0 aliphatic heterocycles. The molecule has 0 N–H and O–H groups in total. The highest BCUT2D eigenvalue weighted by Gasteiger charge is 2.13. The second kappa shape index (κ2) is 9.26. The van der Waals surface area contributed by atoms with E-state index >= 15 is 0 Å². The summed E-state index contributed by atoms with van der Waals surface area (Å²) in [6.07, 6.45) is 1.92. The molecule has 0 aliphatic carbocycles. The first kappa shape index (κ1) is 20.3. The quantitative estimate of drug-likeness (QED) is 0.210. The average molecular weight is 423 g/mol. The molecule has 0 bridgehead atoms. The molecular weight excluding hydrogens is 400 g/mol. The molecule has 0 radical (unpaired) electrons. The lowest BCUT2D eigenvalue weighted by Crippen LogP contribution is -2.09. The summed E-state index contributed by atoms with van der Waals surface area (Å²) in [4.78, 5) is 2.24. The molecule has 0 heterocycles. The molecule has 0 spiro atoms. The zero-order valence-electron chi connectivity index (χ0n) is 18.1. The minimum Gasteiger partial charge on any atom is -0.310 e. The van der Waals surface area contributed by atoms with Crippen LogP contribution in [0.25, 0.3) is 22.4 Å². The van der Waals surface area contributed by atoms with Crippen molar-refractivity contribution in [2.24, 2.45) is 0 Å². The summed E-state index contributed by atoms with van der Waals surface area (Å²) in [6, 6.07) is 45.7. The molecule has 0 amide bonds. The predicted molar refractivity (Wildman–Crippen MR) is 139 cm³/mol. The van der Waals surface area contributed by atoms with Crippen LogP contribution in [-0.4, -0.2) is 0 Å². The maximum Gasteiger partial charge on any atom is 0.0998 e. The van der Waals surface area contributed by atoms with Crippen LogP contribution in [0.1, 0.15) is 11.1 Å². The van der Waals surface area contributed by atoms with Gasteiger partial charge in [0.1, 0.15) is 0 Å². The molecule has 2 heteroatoms. The average Bonchev–Trinajstić information content (AvgIpc) is 2.89. The third-order valence-corrected chi connectivity index (χ3v) is 5.67. The summed E-state index contributed by atoms with van der Waals surface area (Å²) in [5.74, 6) is 0. The third kappa shape index (κ3) is 4.39. The van der Waals surface area contributed by atoms with Crippen LogP contribution < -0.4 is 4.90 Å². The van der Waals surface area contributed by atoms with Crippen LogP contribution in [0.3, 0.4) is 0 Å². The van der Waals surface area contributed by atoms with Gasteiger partial charge in [-0.3, -0.25) is 0 Å². The highest BCUT2D eigenvalue weighted by atomic mass is 15.1. The van der Waals surface area contributed by atoms with Crippen LogP contribution >= 0.6 is 0 Å². The molecule has 0 unspecified atom stereocenters. The van der Waals surface area contributed by atoms with Gasteiger partial charge in [0.15, 0.2) is 0 Å². The Kier molecular flexibility index (Phi) is 5.70. The van der Waals surface area contributed by atoms with Gasteiger partial charge in [0, 0.05) is 17.1 Å². The van der Waals surface area contributed by atoms with E-state index in [2.05, 4.69) is 77.7 Å². The monoisotopic (exact) mass is 422 g/mol. The van der Waals surface area contributed by atoms with E-state index in [4.69, 9.17) is 0 Å². The molecule has 5 rings (SSSR count). The maximum absolute atomic E-state index is 9.75.